The third kappa shape index (κ3) is 6.90. The van der Waals surface area contributed by atoms with Crippen LogP contribution in [-0.2, 0) is 25.5 Å². The van der Waals surface area contributed by atoms with E-state index in [1.54, 1.807) is 31.2 Å². The van der Waals surface area contributed by atoms with Crippen LogP contribution in [-0.4, -0.2) is 67.5 Å². The molecule has 0 radical (unpaired) electrons. The van der Waals surface area contributed by atoms with Gasteiger partial charge in [0.15, 0.2) is 0 Å². The van der Waals surface area contributed by atoms with Gasteiger partial charge in [0.1, 0.15) is 12.3 Å². The van der Waals surface area contributed by atoms with Gasteiger partial charge in [-0.1, -0.05) is 18.2 Å². The van der Waals surface area contributed by atoms with Crippen molar-refractivity contribution in [3.63, 3.8) is 0 Å². The van der Waals surface area contributed by atoms with E-state index < -0.39 is 5.97 Å². The van der Waals surface area contributed by atoms with Crippen LogP contribution in [0.4, 0.5) is 5.69 Å². The zero-order valence-electron chi connectivity index (χ0n) is 21.8. The number of hydrogen-bond donors (Lipinski definition) is 1. The van der Waals surface area contributed by atoms with Crippen molar-refractivity contribution in [2.45, 2.75) is 51.5 Å². The number of fused-ring (bicyclic) bond motifs is 1. The zero-order valence-corrected chi connectivity index (χ0v) is 21.8. The third-order valence-corrected chi connectivity index (χ3v) is 6.90. The monoisotopic (exact) mass is 521 g/mol. The van der Waals surface area contributed by atoms with Gasteiger partial charge in [-0.05, 0) is 68.5 Å². The number of ether oxygens (including phenoxy) is 2. The molecule has 2 aliphatic rings. The van der Waals surface area contributed by atoms with Gasteiger partial charge < -0.3 is 24.6 Å². The Morgan fingerprint density at radius 1 is 1.00 bits per heavy atom. The molecule has 1 N–H and O–H groups in total. The number of hydrogen-bond acceptors (Lipinski definition) is 6. The van der Waals surface area contributed by atoms with Crippen LogP contribution >= 0.6 is 0 Å². The van der Waals surface area contributed by atoms with E-state index in [1.807, 2.05) is 28.0 Å². The lowest BCUT2D eigenvalue weighted by Gasteiger charge is -2.41. The molecule has 2 aromatic carbocycles. The molecule has 38 heavy (non-hydrogen) atoms. The van der Waals surface area contributed by atoms with Crippen LogP contribution in [0.2, 0.25) is 0 Å². The minimum Gasteiger partial charge on any atom is -0.494 e. The van der Waals surface area contributed by atoms with Gasteiger partial charge in [-0.2, -0.15) is 0 Å². The Bertz CT molecular complexity index is 1140. The minimum atomic E-state index is -0.459. The maximum absolute atomic E-state index is 13.1. The van der Waals surface area contributed by atoms with Crippen LogP contribution in [0.15, 0.2) is 48.5 Å². The van der Waals surface area contributed by atoms with Gasteiger partial charge in [0.25, 0.3) is 5.91 Å². The molecule has 0 saturated carbocycles. The summed E-state index contributed by atoms with van der Waals surface area (Å²) in [5, 5.41) is 2.51. The van der Waals surface area contributed by atoms with E-state index >= 15 is 0 Å². The maximum atomic E-state index is 13.1. The highest BCUT2D eigenvalue weighted by Crippen LogP contribution is 2.32. The van der Waals surface area contributed by atoms with Gasteiger partial charge in [-0.3, -0.25) is 19.2 Å². The van der Waals surface area contributed by atoms with Gasteiger partial charge in [-0.25, -0.2) is 0 Å². The number of anilines is 1. The fourth-order valence-electron chi connectivity index (χ4n) is 4.95. The number of carbonyl (C=O) groups excluding carboxylic acids is 4. The lowest BCUT2D eigenvalue weighted by Crippen LogP contribution is -2.50. The van der Waals surface area contributed by atoms with Crippen LogP contribution in [0, 0.1) is 0 Å². The Hall–Kier alpha value is -3.88. The molecule has 0 spiro atoms. The molecule has 0 bridgehead atoms. The van der Waals surface area contributed by atoms with Crippen LogP contribution in [0.3, 0.4) is 0 Å². The molecule has 2 aliphatic heterocycles. The van der Waals surface area contributed by atoms with Crippen molar-refractivity contribution in [2.75, 3.05) is 37.7 Å². The van der Waals surface area contributed by atoms with Crippen molar-refractivity contribution in [1.82, 2.24) is 10.2 Å². The quantitative estimate of drug-likeness (QED) is 0.381. The molecule has 3 amide bonds. The molecule has 1 saturated heterocycles. The summed E-state index contributed by atoms with van der Waals surface area (Å²) in [5.74, 6) is 0.0636. The van der Waals surface area contributed by atoms with Gasteiger partial charge in [0, 0.05) is 43.2 Å². The number of esters is 1. The first-order valence-corrected chi connectivity index (χ1v) is 13.3. The van der Waals surface area contributed by atoms with Crippen molar-refractivity contribution in [3.05, 3.63) is 59.7 Å². The summed E-state index contributed by atoms with van der Waals surface area (Å²) in [5.41, 5.74) is 2.82. The first-order valence-electron chi connectivity index (χ1n) is 13.3. The second-order valence-electron chi connectivity index (χ2n) is 9.47. The van der Waals surface area contributed by atoms with Gasteiger partial charge in [0.2, 0.25) is 11.8 Å². The van der Waals surface area contributed by atoms with Gasteiger partial charge in [0.05, 0.1) is 13.2 Å². The zero-order chi connectivity index (χ0) is 26.9. The number of nitrogens with zero attached hydrogens (tertiary/aromatic N) is 2. The summed E-state index contributed by atoms with van der Waals surface area (Å²) in [6.07, 6.45) is 3.55. The number of aryl methyl sites for hydroxylation is 1. The van der Waals surface area contributed by atoms with E-state index in [0.29, 0.717) is 43.9 Å². The molecule has 0 aromatic heterocycles. The Kier molecular flexibility index (Phi) is 9.35. The molecule has 0 unspecified atom stereocenters. The summed E-state index contributed by atoms with van der Waals surface area (Å²) in [7, 11) is 0. The Morgan fingerprint density at radius 2 is 1.74 bits per heavy atom. The number of rotatable bonds is 10. The summed E-state index contributed by atoms with van der Waals surface area (Å²) >= 11 is 0. The molecule has 1 fully saturated rings. The van der Waals surface area contributed by atoms with Crippen molar-refractivity contribution in [1.29, 1.82) is 0 Å². The third-order valence-electron chi connectivity index (χ3n) is 6.90. The first kappa shape index (κ1) is 27.2. The normalized spacial score (nSPS) is 15.6. The molecular weight excluding hydrogens is 486 g/mol. The molecule has 0 atom stereocenters. The molecule has 9 heteroatoms. The topological polar surface area (TPSA) is 105 Å². The number of benzene rings is 2. The number of para-hydroxylation sites is 1. The number of likely N-dealkylation sites (tertiary alicyclic amines) is 1. The SMILES string of the molecule is CCOC(=O)CNC(=O)CCCOc1ccc(C(=O)N2CCC(N3C(=O)CCc4ccccc43)CC2)cc1. The van der Waals surface area contributed by atoms with E-state index in [1.165, 1.54) is 5.56 Å². The fourth-order valence-corrected chi connectivity index (χ4v) is 4.95. The second kappa shape index (κ2) is 13.1. The summed E-state index contributed by atoms with van der Waals surface area (Å²) in [4.78, 5) is 52.6. The lowest BCUT2D eigenvalue weighted by atomic mass is 9.95. The van der Waals surface area contributed by atoms with E-state index in [9.17, 15) is 19.2 Å². The standard InChI is InChI=1S/C29H35N3O6/c1-2-37-28(35)20-30-26(33)8-5-19-38-24-12-9-22(10-13-24)29(36)31-17-15-23(16-18-31)32-25-7-4-3-6-21(25)11-14-27(32)34/h3-4,6-7,9-10,12-13,23H,2,5,8,11,14-20H2,1H3,(H,30,33). The highest BCUT2D eigenvalue weighted by atomic mass is 16.5. The molecule has 9 nitrogen and oxygen atoms in total. The summed E-state index contributed by atoms with van der Waals surface area (Å²) in [6, 6.07) is 15.2. The Labute approximate surface area is 223 Å². The minimum absolute atomic E-state index is 0.0290. The molecule has 202 valence electrons. The van der Waals surface area contributed by atoms with Crippen LogP contribution in [0.25, 0.3) is 0 Å². The maximum Gasteiger partial charge on any atom is 0.325 e. The van der Waals surface area contributed by atoms with E-state index in [0.717, 1.165) is 24.9 Å². The van der Waals surface area contributed by atoms with Crippen molar-refractivity contribution in [2.24, 2.45) is 0 Å². The van der Waals surface area contributed by atoms with E-state index in [4.69, 9.17) is 9.47 Å². The molecular formula is C29H35N3O6. The summed E-state index contributed by atoms with van der Waals surface area (Å²) < 4.78 is 10.5. The van der Waals surface area contributed by atoms with Crippen molar-refractivity contribution < 1.29 is 28.7 Å². The average molecular weight is 522 g/mol. The van der Waals surface area contributed by atoms with Crippen LogP contribution < -0.4 is 15.0 Å². The van der Waals surface area contributed by atoms with Gasteiger partial charge >= 0.3 is 5.97 Å². The summed E-state index contributed by atoms with van der Waals surface area (Å²) in [6.45, 7) is 3.40. The van der Waals surface area contributed by atoms with Crippen molar-refractivity contribution in [3.8, 4) is 5.75 Å². The largest absolute Gasteiger partial charge is 0.494 e. The van der Waals surface area contributed by atoms with Crippen LogP contribution in [0.1, 0.15) is 54.9 Å². The number of piperidine rings is 1. The van der Waals surface area contributed by atoms with Crippen LogP contribution in [0.5, 0.6) is 5.75 Å². The molecule has 4 rings (SSSR count). The molecule has 2 heterocycles. The number of nitrogens with one attached hydrogen (secondary N) is 1. The highest BCUT2D eigenvalue weighted by Gasteiger charge is 2.33. The van der Waals surface area contributed by atoms with Gasteiger partial charge in [-0.15, -0.1) is 0 Å². The number of amides is 3. The molecule has 0 aliphatic carbocycles. The number of carbonyl (C=O) groups is 4. The predicted molar refractivity (Wildman–Crippen MR) is 142 cm³/mol. The first-order chi connectivity index (χ1) is 18.5. The smallest absolute Gasteiger partial charge is 0.325 e. The second-order valence-corrected chi connectivity index (χ2v) is 9.47. The Morgan fingerprint density at radius 3 is 2.47 bits per heavy atom. The highest BCUT2D eigenvalue weighted by molar-refractivity contribution is 5.97. The average Bonchev–Trinajstić information content (AvgIpc) is 2.94. The van der Waals surface area contributed by atoms with E-state index in [2.05, 4.69) is 11.4 Å². The fraction of sp³-hybridized carbons (Fsp3) is 0.448. The Balaban J connectivity index is 1.20. The molecule has 2 aromatic rings. The predicted octanol–water partition coefficient (Wildman–Crippen LogP) is 3.11. The lowest BCUT2D eigenvalue weighted by molar-refractivity contribution is -0.143. The van der Waals surface area contributed by atoms with Crippen molar-refractivity contribution >= 4 is 29.4 Å². The van der Waals surface area contributed by atoms with E-state index in [-0.39, 0.29) is 43.3 Å².